The number of aromatic hydroxyl groups is 2. The van der Waals surface area contributed by atoms with Crippen LogP contribution in [0.4, 0.5) is 5.69 Å². The smallest absolute Gasteiger partial charge is 0.254 e. The van der Waals surface area contributed by atoms with Gasteiger partial charge >= 0.3 is 0 Å². The zero-order valence-corrected chi connectivity index (χ0v) is 18.1. The summed E-state index contributed by atoms with van der Waals surface area (Å²) in [7, 11) is 3.89. The first kappa shape index (κ1) is 21.0. The van der Waals surface area contributed by atoms with E-state index in [4.69, 9.17) is 22.4 Å². The molecule has 9 heteroatoms. The van der Waals surface area contributed by atoms with Crippen molar-refractivity contribution in [2.24, 2.45) is 0 Å². The maximum Gasteiger partial charge on any atom is 0.254 e. The van der Waals surface area contributed by atoms with E-state index in [2.05, 4.69) is 0 Å². The highest BCUT2D eigenvalue weighted by Crippen LogP contribution is 2.40. The van der Waals surface area contributed by atoms with E-state index in [1.54, 1.807) is 29.2 Å². The molecule has 2 aromatic carbocycles. The van der Waals surface area contributed by atoms with Crippen molar-refractivity contribution >= 4 is 23.2 Å². The van der Waals surface area contributed by atoms with Gasteiger partial charge in [0, 0.05) is 53.6 Å². The molecule has 1 aliphatic heterocycles. The van der Waals surface area contributed by atoms with Gasteiger partial charge in [-0.05, 0) is 44.4 Å². The normalized spacial score (nSPS) is 13.5. The molecule has 4 N–H and O–H groups in total. The van der Waals surface area contributed by atoms with Gasteiger partial charge in [-0.2, -0.15) is 5.10 Å². The predicted molar refractivity (Wildman–Crippen MR) is 119 cm³/mol. The number of nitrogens with zero attached hydrogens (tertiary/aromatic N) is 4. The molecule has 0 fully saturated rings. The third-order valence-corrected chi connectivity index (χ3v) is 5.62. The Kier molecular flexibility index (Phi) is 5.51. The summed E-state index contributed by atoms with van der Waals surface area (Å²) < 4.78 is 1.88. The van der Waals surface area contributed by atoms with E-state index in [-0.39, 0.29) is 22.4 Å². The molecule has 1 aromatic heterocycles. The summed E-state index contributed by atoms with van der Waals surface area (Å²) in [5.74, 6) is -0.421. The summed E-state index contributed by atoms with van der Waals surface area (Å²) in [6.45, 7) is 1.46. The number of hydrogen-bond acceptors (Lipinski definition) is 6. The quantitative estimate of drug-likeness (QED) is 0.537. The van der Waals surface area contributed by atoms with E-state index in [0.29, 0.717) is 48.7 Å². The second kappa shape index (κ2) is 8.13. The fourth-order valence-electron chi connectivity index (χ4n) is 3.81. The molecule has 0 radical (unpaired) electrons. The van der Waals surface area contributed by atoms with Crippen LogP contribution in [0.5, 0.6) is 11.5 Å². The zero-order chi connectivity index (χ0) is 22.3. The van der Waals surface area contributed by atoms with Crippen LogP contribution in [-0.4, -0.2) is 56.3 Å². The number of halogens is 1. The van der Waals surface area contributed by atoms with Gasteiger partial charge in [0.25, 0.3) is 5.91 Å². The number of phenolic OH excluding ortho intramolecular Hbond substituents is 2. The Balaban J connectivity index is 1.76. The number of phenols is 2. The van der Waals surface area contributed by atoms with E-state index in [9.17, 15) is 15.0 Å². The molecule has 4 rings (SSSR count). The topological polar surface area (TPSA) is 108 Å². The van der Waals surface area contributed by atoms with Crippen molar-refractivity contribution in [1.29, 1.82) is 0 Å². The van der Waals surface area contributed by atoms with Crippen molar-refractivity contribution < 1.29 is 15.0 Å². The highest BCUT2D eigenvalue weighted by Gasteiger charge is 2.30. The zero-order valence-electron chi connectivity index (χ0n) is 17.3. The van der Waals surface area contributed by atoms with Crippen molar-refractivity contribution in [1.82, 2.24) is 19.6 Å². The average molecular weight is 442 g/mol. The lowest BCUT2D eigenvalue weighted by Crippen LogP contribution is -2.36. The van der Waals surface area contributed by atoms with Crippen LogP contribution in [0, 0.1) is 0 Å². The standard InChI is InChI=1S/C22H24ClN5O3/c1-26(2)12-28-18-7-8-27(22(31)13-3-5-14(24)6-4-13)11-16(18)21(25-28)15-9-17(23)20(30)10-19(15)29/h3-6,9-10,29-30H,7-8,11-12,24H2,1-2H3. The molecule has 8 nitrogen and oxygen atoms in total. The third kappa shape index (κ3) is 4.04. The van der Waals surface area contributed by atoms with Crippen molar-refractivity contribution in [2.45, 2.75) is 19.6 Å². The van der Waals surface area contributed by atoms with Gasteiger partial charge in [-0.1, -0.05) is 11.6 Å². The van der Waals surface area contributed by atoms with E-state index in [1.165, 1.54) is 12.1 Å². The third-order valence-electron chi connectivity index (χ3n) is 5.32. The highest BCUT2D eigenvalue weighted by molar-refractivity contribution is 6.32. The number of benzene rings is 2. The highest BCUT2D eigenvalue weighted by atomic mass is 35.5. The largest absolute Gasteiger partial charge is 0.507 e. The molecule has 0 unspecified atom stereocenters. The van der Waals surface area contributed by atoms with Gasteiger partial charge in [0.05, 0.1) is 11.7 Å². The molecule has 162 valence electrons. The first-order valence-electron chi connectivity index (χ1n) is 9.84. The fraction of sp³-hybridized carbons (Fsp3) is 0.273. The lowest BCUT2D eigenvalue weighted by molar-refractivity contribution is 0.0733. The Morgan fingerprint density at radius 1 is 1.19 bits per heavy atom. The second-order valence-electron chi connectivity index (χ2n) is 7.91. The van der Waals surface area contributed by atoms with Gasteiger partial charge in [0.1, 0.15) is 17.2 Å². The van der Waals surface area contributed by atoms with Gasteiger partial charge in [-0.25, -0.2) is 0 Å². The first-order chi connectivity index (χ1) is 14.7. The number of amides is 1. The summed E-state index contributed by atoms with van der Waals surface area (Å²) in [4.78, 5) is 16.8. The van der Waals surface area contributed by atoms with Gasteiger partial charge in [-0.15, -0.1) is 0 Å². The number of carbonyl (C=O) groups is 1. The second-order valence-corrected chi connectivity index (χ2v) is 8.32. The maximum atomic E-state index is 13.1. The van der Waals surface area contributed by atoms with Crippen molar-refractivity contribution in [3.63, 3.8) is 0 Å². The molecular formula is C22H24ClN5O3. The van der Waals surface area contributed by atoms with Gasteiger partial charge in [0.15, 0.2) is 0 Å². The first-order valence-corrected chi connectivity index (χ1v) is 10.2. The lowest BCUT2D eigenvalue weighted by atomic mass is 9.99. The Hall–Kier alpha value is -3.23. The number of nitrogens with two attached hydrogens (primary N) is 1. The summed E-state index contributed by atoms with van der Waals surface area (Å²) >= 11 is 6.10. The SMILES string of the molecule is CN(C)Cn1nc(-c2cc(Cl)c(O)cc2O)c2c1CCN(C(=O)c1ccc(N)cc1)C2. The predicted octanol–water partition coefficient (Wildman–Crippen LogP) is 2.91. The van der Waals surface area contributed by atoms with Gasteiger partial charge in [0.2, 0.25) is 0 Å². The molecule has 1 amide bonds. The molecule has 2 heterocycles. The van der Waals surface area contributed by atoms with E-state index in [1.807, 2.05) is 23.7 Å². The minimum atomic E-state index is -0.204. The van der Waals surface area contributed by atoms with Crippen LogP contribution in [0.2, 0.25) is 5.02 Å². The Labute approximate surface area is 185 Å². The molecule has 0 bridgehead atoms. The monoisotopic (exact) mass is 441 g/mol. The number of rotatable bonds is 4. The molecule has 3 aromatic rings. The number of anilines is 1. The number of aromatic nitrogens is 2. The molecule has 1 aliphatic rings. The van der Waals surface area contributed by atoms with E-state index in [0.717, 1.165) is 11.3 Å². The van der Waals surface area contributed by atoms with Crippen LogP contribution in [0.3, 0.4) is 0 Å². The molecule has 0 spiro atoms. The molecular weight excluding hydrogens is 418 g/mol. The number of nitrogen functional groups attached to an aromatic ring is 1. The Morgan fingerprint density at radius 2 is 1.90 bits per heavy atom. The maximum absolute atomic E-state index is 13.1. The van der Waals surface area contributed by atoms with Gasteiger partial charge < -0.3 is 20.8 Å². The summed E-state index contributed by atoms with van der Waals surface area (Å²) in [5, 5.41) is 25.1. The molecule has 0 saturated carbocycles. The van der Waals surface area contributed by atoms with Crippen LogP contribution in [0.15, 0.2) is 36.4 Å². The van der Waals surface area contributed by atoms with Crippen LogP contribution in [0.1, 0.15) is 21.6 Å². The molecule has 31 heavy (non-hydrogen) atoms. The molecule has 0 saturated heterocycles. The molecule has 0 atom stereocenters. The summed E-state index contributed by atoms with van der Waals surface area (Å²) in [5.41, 5.74) is 9.73. The van der Waals surface area contributed by atoms with Crippen LogP contribution in [-0.2, 0) is 19.6 Å². The van der Waals surface area contributed by atoms with Crippen molar-refractivity contribution in [3.05, 3.63) is 58.2 Å². The Morgan fingerprint density at radius 3 is 2.58 bits per heavy atom. The van der Waals surface area contributed by atoms with E-state index >= 15 is 0 Å². The lowest BCUT2D eigenvalue weighted by Gasteiger charge is -2.28. The van der Waals surface area contributed by atoms with Crippen molar-refractivity contribution in [3.8, 4) is 22.8 Å². The summed E-state index contributed by atoms with van der Waals surface area (Å²) in [6.07, 6.45) is 0.628. The fourth-order valence-corrected chi connectivity index (χ4v) is 3.98. The van der Waals surface area contributed by atoms with Crippen LogP contribution in [0.25, 0.3) is 11.3 Å². The van der Waals surface area contributed by atoms with Gasteiger partial charge in [-0.3, -0.25) is 14.4 Å². The minimum absolute atomic E-state index is 0.0927. The van der Waals surface area contributed by atoms with Crippen LogP contribution < -0.4 is 5.73 Å². The number of fused-ring (bicyclic) bond motifs is 1. The van der Waals surface area contributed by atoms with Crippen LogP contribution >= 0.6 is 11.6 Å². The Bertz CT molecular complexity index is 1140. The number of carbonyl (C=O) groups excluding carboxylic acids is 1. The average Bonchev–Trinajstić information content (AvgIpc) is 3.07. The molecule has 0 aliphatic carbocycles. The number of hydrogen-bond donors (Lipinski definition) is 3. The summed E-state index contributed by atoms with van der Waals surface area (Å²) in [6, 6.07) is 9.55. The minimum Gasteiger partial charge on any atom is -0.507 e. The van der Waals surface area contributed by atoms with E-state index < -0.39 is 0 Å². The van der Waals surface area contributed by atoms with Crippen molar-refractivity contribution in [2.75, 3.05) is 26.4 Å².